The first-order valence-electron chi connectivity index (χ1n) is 10.4. The standard InChI is InChI=1S/C24H20N4O4S2/c1-15-22(19-6-2-3-7-20(19)26-15)21-14-33-24(27-21)28-23(29)16-8-10-18(11-9-16)34(30,31)25-13-17-5-4-12-32-17/h2-12,14,25-26H,13H2,1H3,(H,27,28,29). The van der Waals surface area contributed by atoms with Gasteiger partial charge in [-0.05, 0) is 49.4 Å². The first-order valence-corrected chi connectivity index (χ1v) is 12.7. The molecule has 3 heterocycles. The summed E-state index contributed by atoms with van der Waals surface area (Å²) < 4.78 is 32.5. The summed E-state index contributed by atoms with van der Waals surface area (Å²) in [5.74, 6) is 0.134. The number of carbonyl (C=O) groups is 1. The fourth-order valence-electron chi connectivity index (χ4n) is 3.67. The van der Waals surface area contributed by atoms with Gasteiger partial charge in [0.25, 0.3) is 5.91 Å². The number of carbonyl (C=O) groups excluding carboxylic acids is 1. The van der Waals surface area contributed by atoms with Crippen LogP contribution in [0.15, 0.2) is 81.6 Å². The van der Waals surface area contributed by atoms with Gasteiger partial charge >= 0.3 is 0 Å². The molecule has 0 unspecified atom stereocenters. The lowest BCUT2D eigenvalue weighted by Gasteiger charge is -2.07. The Morgan fingerprint density at radius 3 is 2.65 bits per heavy atom. The number of fused-ring (bicyclic) bond motifs is 1. The molecule has 5 rings (SSSR count). The molecule has 0 radical (unpaired) electrons. The number of rotatable bonds is 7. The number of benzene rings is 2. The van der Waals surface area contributed by atoms with Gasteiger partial charge in [-0.3, -0.25) is 10.1 Å². The largest absolute Gasteiger partial charge is 0.468 e. The number of furan rings is 1. The van der Waals surface area contributed by atoms with Crippen molar-refractivity contribution in [2.75, 3.05) is 5.32 Å². The van der Waals surface area contributed by atoms with E-state index in [4.69, 9.17) is 4.42 Å². The molecule has 34 heavy (non-hydrogen) atoms. The summed E-state index contributed by atoms with van der Waals surface area (Å²) in [7, 11) is -3.74. The molecule has 0 aliphatic heterocycles. The van der Waals surface area contributed by atoms with Crippen LogP contribution in [0.5, 0.6) is 0 Å². The summed E-state index contributed by atoms with van der Waals surface area (Å²) in [6.45, 7) is 2.03. The van der Waals surface area contributed by atoms with Crippen molar-refractivity contribution in [1.29, 1.82) is 0 Å². The Labute approximate surface area is 199 Å². The number of aromatic nitrogens is 2. The molecule has 0 atom stereocenters. The van der Waals surface area contributed by atoms with Crippen molar-refractivity contribution in [3.8, 4) is 11.3 Å². The molecule has 0 bridgehead atoms. The molecule has 2 aromatic carbocycles. The molecule has 0 saturated carbocycles. The van der Waals surface area contributed by atoms with Gasteiger partial charge in [0.15, 0.2) is 5.13 Å². The average Bonchev–Trinajstić information content (AvgIpc) is 3.57. The number of sulfonamides is 1. The van der Waals surface area contributed by atoms with Gasteiger partial charge in [0.1, 0.15) is 5.76 Å². The van der Waals surface area contributed by atoms with Gasteiger partial charge in [0, 0.05) is 33.1 Å². The Morgan fingerprint density at radius 1 is 1.09 bits per heavy atom. The maximum absolute atomic E-state index is 12.7. The minimum absolute atomic E-state index is 0.0415. The highest BCUT2D eigenvalue weighted by atomic mass is 32.2. The summed E-state index contributed by atoms with van der Waals surface area (Å²) in [5.41, 5.74) is 4.14. The monoisotopic (exact) mass is 492 g/mol. The Kier molecular flexibility index (Phi) is 5.78. The van der Waals surface area contributed by atoms with E-state index in [0.717, 1.165) is 27.9 Å². The maximum Gasteiger partial charge on any atom is 0.257 e. The molecule has 0 saturated heterocycles. The van der Waals surface area contributed by atoms with Crippen LogP contribution >= 0.6 is 11.3 Å². The van der Waals surface area contributed by atoms with Crippen molar-refractivity contribution in [2.24, 2.45) is 0 Å². The lowest BCUT2D eigenvalue weighted by Crippen LogP contribution is -2.23. The van der Waals surface area contributed by atoms with E-state index in [0.29, 0.717) is 16.5 Å². The van der Waals surface area contributed by atoms with Crippen LogP contribution in [0.1, 0.15) is 21.8 Å². The first kappa shape index (κ1) is 22.1. The van der Waals surface area contributed by atoms with E-state index >= 15 is 0 Å². The summed E-state index contributed by atoms with van der Waals surface area (Å²) in [5, 5.41) is 6.22. The molecule has 5 aromatic rings. The number of aryl methyl sites for hydroxylation is 1. The fourth-order valence-corrected chi connectivity index (χ4v) is 5.36. The number of H-pyrrole nitrogens is 1. The Bertz CT molecular complexity index is 1570. The number of nitrogens with zero attached hydrogens (tertiary/aromatic N) is 1. The lowest BCUT2D eigenvalue weighted by atomic mass is 10.1. The summed E-state index contributed by atoms with van der Waals surface area (Å²) in [6, 6.07) is 17.1. The molecule has 0 spiro atoms. The molecule has 0 aliphatic carbocycles. The number of para-hydroxylation sites is 1. The molecule has 172 valence electrons. The molecule has 10 heteroatoms. The summed E-state index contributed by atoms with van der Waals surface area (Å²) in [4.78, 5) is 20.7. The van der Waals surface area contributed by atoms with Crippen LogP contribution in [0.3, 0.4) is 0 Å². The topological polar surface area (TPSA) is 117 Å². The number of hydrogen-bond donors (Lipinski definition) is 3. The van der Waals surface area contributed by atoms with Crippen LogP contribution < -0.4 is 10.0 Å². The Balaban J connectivity index is 1.29. The predicted molar refractivity (Wildman–Crippen MR) is 131 cm³/mol. The van der Waals surface area contributed by atoms with Gasteiger partial charge in [-0.2, -0.15) is 0 Å². The van der Waals surface area contributed by atoms with Gasteiger partial charge in [-0.25, -0.2) is 18.1 Å². The highest BCUT2D eigenvalue weighted by Crippen LogP contribution is 2.34. The van der Waals surface area contributed by atoms with Crippen LogP contribution in [0.4, 0.5) is 5.13 Å². The van der Waals surface area contributed by atoms with Gasteiger partial charge in [-0.1, -0.05) is 18.2 Å². The maximum atomic E-state index is 12.7. The highest BCUT2D eigenvalue weighted by Gasteiger charge is 2.17. The molecular formula is C24H20N4O4S2. The molecule has 3 N–H and O–H groups in total. The van der Waals surface area contributed by atoms with E-state index in [1.165, 1.54) is 41.9 Å². The smallest absolute Gasteiger partial charge is 0.257 e. The number of anilines is 1. The van der Waals surface area contributed by atoms with E-state index in [-0.39, 0.29) is 17.3 Å². The zero-order valence-corrected chi connectivity index (χ0v) is 19.7. The third-order valence-corrected chi connectivity index (χ3v) is 7.49. The molecule has 0 aliphatic rings. The van der Waals surface area contributed by atoms with Crippen molar-refractivity contribution in [3.05, 3.63) is 89.3 Å². The second-order valence-corrected chi connectivity index (χ2v) is 10.2. The van der Waals surface area contributed by atoms with Crippen LogP contribution in [0, 0.1) is 6.92 Å². The third-order valence-electron chi connectivity index (χ3n) is 5.32. The summed E-state index contributed by atoms with van der Waals surface area (Å²) in [6.07, 6.45) is 1.48. The van der Waals surface area contributed by atoms with Crippen LogP contribution in [-0.4, -0.2) is 24.3 Å². The van der Waals surface area contributed by atoms with Crippen molar-refractivity contribution in [1.82, 2.24) is 14.7 Å². The number of aromatic amines is 1. The fraction of sp³-hybridized carbons (Fsp3) is 0.0833. The number of amides is 1. The van der Waals surface area contributed by atoms with E-state index in [1.54, 1.807) is 12.1 Å². The quantitative estimate of drug-likeness (QED) is 0.298. The van der Waals surface area contributed by atoms with E-state index < -0.39 is 10.0 Å². The molecular weight excluding hydrogens is 472 g/mol. The van der Waals surface area contributed by atoms with Gasteiger partial charge in [0.2, 0.25) is 10.0 Å². The van der Waals surface area contributed by atoms with E-state index in [2.05, 4.69) is 20.0 Å². The number of hydrogen-bond acceptors (Lipinski definition) is 6. The second kappa shape index (κ2) is 8.90. The van der Waals surface area contributed by atoms with Crippen molar-refractivity contribution >= 4 is 43.3 Å². The van der Waals surface area contributed by atoms with Gasteiger partial charge < -0.3 is 9.40 Å². The molecule has 1 amide bonds. The first-order chi connectivity index (χ1) is 16.4. The van der Waals surface area contributed by atoms with Crippen molar-refractivity contribution < 1.29 is 17.6 Å². The van der Waals surface area contributed by atoms with Gasteiger partial charge in [0.05, 0.1) is 23.4 Å². The zero-order valence-electron chi connectivity index (χ0n) is 18.0. The van der Waals surface area contributed by atoms with Gasteiger partial charge in [-0.15, -0.1) is 11.3 Å². The Hall–Kier alpha value is -3.73. The van der Waals surface area contributed by atoms with Crippen molar-refractivity contribution in [2.45, 2.75) is 18.4 Å². The van der Waals surface area contributed by atoms with Crippen LogP contribution in [0.25, 0.3) is 22.2 Å². The zero-order chi connectivity index (χ0) is 23.7. The number of nitrogens with one attached hydrogen (secondary N) is 3. The average molecular weight is 493 g/mol. The van der Waals surface area contributed by atoms with E-state index in [1.807, 2.05) is 36.6 Å². The lowest BCUT2D eigenvalue weighted by molar-refractivity contribution is 0.102. The summed E-state index contributed by atoms with van der Waals surface area (Å²) >= 11 is 1.33. The second-order valence-electron chi connectivity index (χ2n) is 7.59. The predicted octanol–water partition coefficient (Wildman–Crippen LogP) is 4.92. The SMILES string of the molecule is Cc1[nH]c2ccccc2c1-c1csc(NC(=O)c2ccc(S(=O)(=O)NCc3ccco3)cc2)n1. The number of thiazole rings is 1. The highest BCUT2D eigenvalue weighted by molar-refractivity contribution is 7.89. The molecule has 3 aromatic heterocycles. The van der Waals surface area contributed by atoms with Crippen LogP contribution in [0.2, 0.25) is 0 Å². The molecule has 8 nitrogen and oxygen atoms in total. The van der Waals surface area contributed by atoms with E-state index in [9.17, 15) is 13.2 Å². The van der Waals surface area contributed by atoms with Crippen LogP contribution in [-0.2, 0) is 16.6 Å². The minimum Gasteiger partial charge on any atom is -0.468 e. The Morgan fingerprint density at radius 2 is 1.88 bits per heavy atom. The minimum atomic E-state index is -3.74. The normalized spacial score (nSPS) is 11.7. The van der Waals surface area contributed by atoms with Crippen molar-refractivity contribution in [3.63, 3.8) is 0 Å². The molecule has 0 fully saturated rings. The third kappa shape index (κ3) is 4.38.